The van der Waals surface area contributed by atoms with E-state index in [-0.39, 0.29) is 17.7 Å². The second kappa shape index (κ2) is 10.1. The number of benzene rings is 1. The number of hydrazine groups is 1. The van der Waals surface area contributed by atoms with Crippen LogP contribution in [0.3, 0.4) is 0 Å². The first-order valence-electron chi connectivity index (χ1n) is 12.2. The van der Waals surface area contributed by atoms with Gasteiger partial charge in [0.05, 0.1) is 18.3 Å². The van der Waals surface area contributed by atoms with Gasteiger partial charge in [-0.1, -0.05) is 37.3 Å². The lowest BCUT2D eigenvalue weighted by Crippen LogP contribution is -2.44. The fourth-order valence-corrected chi connectivity index (χ4v) is 4.45. The molecule has 3 amide bonds. The molecule has 37 heavy (non-hydrogen) atoms. The molecule has 0 unspecified atom stereocenters. The van der Waals surface area contributed by atoms with Gasteiger partial charge in [0, 0.05) is 31.1 Å². The predicted octanol–water partition coefficient (Wildman–Crippen LogP) is 2.36. The Morgan fingerprint density at radius 2 is 1.86 bits per heavy atom. The van der Waals surface area contributed by atoms with Crippen molar-refractivity contribution in [3.8, 4) is 0 Å². The third kappa shape index (κ3) is 5.99. The van der Waals surface area contributed by atoms with Crippen molar-refractivity contribution in [2.45, 2.75) is 51.6 Å². The molecule has 1 fully saturated rings. The number of rotatable bonds is 5. The number of ether oxygens (including phenoxy) is 1. The summed E-state index contributed by atoms with van der Waals surface area (Å²) in [6.45, 7) is 9.04. The first-order chi connectivity index (χ1) is 17.5. The van der Waals surface area contributed by atoms with Crippen LogP contribution < -0.4 is 21.1 Å². The van der Waals surface area contributed by atoms with Crippen LogP contribution in [0.2, 0.25) is 0 Å². The van der Waals surface area contributed by atoms with Gasteiger partial charge in [-0.2, -0.15) is 0 Å². The Labute approximate surface area is 215 Å². The van der Waals surface area contributed by atoms with Crippen LogP contribution in [0.5, 0.6) is 0 Å². The Morgan fingerprint density at radius 1 is 1.14 bits per heavy atom. The number of nitrogens with zero attached hydrogens (tertiary/aromatic N) is 4. The molecule has 0 radical (unpaired) electrons. The van der Waals surface area contributed by atoms with Crippen LogP contribution in [0, 0.1) is 0 Å². The maximum Gasteiger partial charge on any atom is 0.426 e. The number of nitrogens with one attached hydrogen (secondary N) is 3. The lowest BCUT2D eigenvalue weighted by Gasteiger charge is -2.26. The van der Waals surface area contributed by atoms with Crippen molar-refractivity contribution in [3.63, 3.8) is 0 Å². The van der Waals surface area contributed by atoms with Crippen molar-refractivity contribution >= 4 is 29.2 Å². The number of carbonyl (C=O) groups excluding carboxylic acids is 3. The van der Waals surface area contributed by atoms with Gasteiger partial charge in [0.1, 0.15) is 5.60 Å². The maximum absolute atomic E-state index is 12.7. The number of carbonyl (C=O) groups is 3. The number of amides is 3. The van der Waals surface area contributed by atoms with E-state index >= 15 is 0 Å². The summed E-state index contributed by atoms with van der Waals surface area (Å²) in [5.41, 5.74) is 7.00. The van der Waals surface area contributed by atoms with Crippen molar-refractivity contribution < 1.29 is 19.1 Å². The molecule has 0 spiro atoms. The molecule has 1 aliphatic heterocycles. The van der Waals surface area contributed by atoms with Gasteiger partial charge < -0.3 is 15.0 Å². The average molecular weight is 508 g/mol. The van der Waals surface area contributed by atoms with Crippen LogP contribution in [-0.4, -0.2) is 58.2 Å². The molecule has 0 saturated carbocycles. The van der Waals surface area contributed by atoms with Gasteiger partial charge in [0.2, 0.25) is 11.7 Å². The minimum atomic E-state index is -0.763. The fourth-order valence-electron chi connectivity index (χ4n) is 4.45. The van der Waals surface area contributed by atoms with E-state index in [0.717, 1.165) is 25.2 Å². The highest BCUT2D eigenvalue weighted by Crippen LogP contribution is 2.36. The van der Waals surface area contributed by atoms with Crippen LogP contribution in [0.4, 0.5) is 10.5 Å². The molecule has 1 aliphatic rings. The molecule has 1 atom stereocenters. The molecule has 11 heteroatoms. The molecule has 3 aromatic rings. The van der Waals surface area contributed by atoms with E-state index in [1.807, 2.05) is 30.5 Å². The second-order valence-electron chi connectivity index (χ2n) is 10.5. The number of hydrogen-bond acceptors (Lipinski definition) is 7. The van der Waals surface area contributed by atoms with E-state index in [4.69, 9.17) is 4.74 Å². The minimum Gasteiger partial charge on any atom is -0.443 e. The molecule has 3 N–H and O–H groups in total. The fraction of sp³-hybridized carbons (Fsp3) is 0.423. The lowest BCUT2D eigenvalue weighted by atomic mass is 9.82. The summed E-state index contributed by atoms with van der Waals surface area (Å²) in [6.07, 6.45) is 1.93. The summed E-state index contributed by atoms with van der Waals surface area (Å²) >= 11 is 0. The summed E-state index contributed by atoms with van der Waals surface area (Å²) in [4.78, 5) is 43.4. The summed E-state index contributed by atoms with van der Waals surface area (Å²) in [7, 11) is 1.50. The van der Waals surface area contributed by atoms with Crippen LogP contribution >= 0.6 is 0 Å². The van der Waals surface area contributed by atoms with Crippen LogP contribution in [0.25, 0.3) is 5.65 Å². The van der Waals surface area contributed by atoms with E-state index in [9.17, 15) is 14.4 Å². The first kappa shape index (κ1) is 25.9. The average Bonchev–Trinajstić information content (AvgIpc) is 3.47. The molecule has 2 aromatic heterocycles. The van der Waals surface area contributed by atoms with Gasteiger partial charge in [0.25, 0.3) is 5.91 Å². The van der Waals surface area contributed by atoms with Gasteiger partial charge in [-0.3, -0.25) is 15.0 Å². The molecule has 11 nitrogen and oxygen atoms in total. The summed E-state index contributed by atoms with van der Waals surface area (Å²) in [6, 6.07) is 12.3. The van der Waals surface area contributed by atoms with E-state index in [1.165, 1.54) is 17.1 Å². The topological polar surface area (TPSA) is 130 Å². The van der Waals surface area contributed by atoms with Crippen LogP contribution in [0.15, 0.2) is 42.6 Å². The molecule has 4 rings (SSSR count). The molecule has 3 heterocycles. The Morgan fingerprint density at radius 3 is 2.54 bits per heavy atom. The Bertz CT molecular complexity index is 1320. The maximum atomic E-state index is 12.7. The molecule has 196 valence electrons. The largest absolute Gasteiger partial charge is 0.443 e. The normalized spacial score (nSPS) is 17.5. The van der Waals surface area contributed by atoms with E-state index in [0.29, 0.717) is 11.2 Å². The number of aromatic nitrogens is 3. The monoisotopic (exact) mass is 507 g/mol. The van der Waals surface area contributed by atoms with Crippen molar-refractivity contribution in [3.05, 3.63) is 59.5 Å². The number of hydrogen-bond donors (Lipinski definition) is 3. The Balaban J connectivity index is 1.59. The van der Waals surface area contributed by atoms with Gasteiger partial charge in [0.15, 0.2) is 5.65 Å². The van der Waals surface area contributed by atoms with Gasteiger partial charge in [-0.25, -0.2) is 19.7 Å². The Hall–Kier alpha value is -4.15. The summed E-state index contributed by atoms with van der Waals surface area (Å²) in [5, 5.41) is 6.86. The summed E-state index contributed by atoms with van der Waals surface area (Å²) in [5.74, 6) is -0.890. The van der Waals surface area contributed by atoms with Crippen molar-refractivity contribution in [1.82, 2.24) is 30.8 Å². The molecule has 1 saturated heterocycles. The third-order valence-corrected chi connectivity index (χ3v) is 6.29. The SMILES string of the molecule is CNC(=O)c1nc2c(CC(=O)NNC(=O)OC(C)(C)C)cc(N3CC[C@](C)(c4ccccc4)C3)cn2n1. The van der Waals surface area contributed by atoms with Gasteiger partial charge in [-0.05, 0) is 38.8 Å². The molecule has 0 bridgehead atoms. The predicted molar refractivity (Wildman–Crippen MR) is 138 cm³/mol. The highest BCUT2D eigenvalue weighted by atomic mass is 16.6. The zero-order chi connectivity index (χ0) is 26.8. The Kier molecular flexibility index (Phi) is 7.06. The lowest BCUT2D eigenvalue weighted by molar-refractivity contribution is -0.121. The number of fused-ring (bicyclic) bond motifs is 1. The number of anilines is 1. The quantitative estimate of drug-likeness (QED) is 0.452. The number of pyridine rings is 1. The van der Waals surface area contributed by atoms with Gasteiger partial charge >= 0.3 is 6.09 Å². The van der Waals surface area contributed by atoms with Crippen LogP contribution in [0.1, 0.15) is 55.9 Å². The smallest absolute Gasteiger partial charge is 0.426 e. The minimum absolute atomic E-state index is 0.00346. The van der Waals surface area contributed by atoms with Crippen LogP contribution in [-0.2, 0) is 21.4 Å². The van der Waals surface area contributed by atoms with E-state index in [1.54, 1.807) is 20.8 Å². The molecule has 0 aliphatic carbocycles. The van der Waals surface area contributed by atoms with Gasteiger partial charge in [-0.15, -0.1) is 5.10 Å². The molecule has 1 aromatic carbocycles. The highest BCUT2D eigenvalue weighted by molar-refractivity contribution is 5.91. The summed E-state index contributed by atoms with van der Waals surface area (Å²) < 4.78 is 6.68. The van der Waals surface area contributed by atoms with E-state index in [2.05, 4.69) is 50.2 Å². The zero-order valence-electron chi connectivity index (χ0n) is 21.8. The van der Waals surface area contributed by atoms with Crippen molar-refractivity contribution in [2.75, 3.05) is 25.0 Å². The second-order valence-corrected chi connectivity index (χ2v) is 10.5. The zero-order valence-corrected chi connectivity index (χ0v) is 21.8. The third-order valence-electron chi connectivity index (χ3n) is 6.29. The molecular formula is C26H33N7O4. The highest BCUT2D eigenvalue weighted by Gasteiger charge is 2.36. The standard InChI is InChI=1S/C26H33N7O4/c1-25(2,3)37-24(36)30-29-20(34)14-17-13-19(15-33-22(17)28-21(31-33)23(35)27-5)32-12-11-26(4,16-32)18-9-7-6-8-10-18/h6-10,13,15H,11-12,14,16H2,1-5H3,(H,27,35)(H,29,34)(H,30,36)/t26-/m0/s1. The molecular weight excluding hydrogens is 474 g/mol. The van der Waals surface area contributed by atoms with Crippen molar-refractivity contribution in [2.24, 2.45) is 0 Å². The first-order valence-corrected chi connectivity index (χ1v) is 12.2. The van der Waals surface area contributed by atoms with Crippen molar-refractivity contribution in [1.29, 1.82) is 0 Å². The van der Waals surface area contributed by atoms with E-state index < -0.39 is 23.5 Å².